The number of nitrogens with zero attached hydrogens (tertiary/aromatic N) is 2. The Morgan fingerprint density at radius 3 is 2.26 bits per heavy atom. The van der Waals surface area contributed by atoms with Gasteiger partial charge in [-0.1, -0.05) is 41.7 Å². The molecule has 35 heavy (non-hydrogen) atoms. The summed E-state index contributed by atoms with van der Waals surface area (Å²) in [6.45, 7) is 0.179. The van der Waals surface area contributed by atoms with Crippen LogP contribution >= 0.6 is 11.3 Å². The van der Waals surface area contributed by atoms with Gasteiger partial charge in [-0.25, -0.2) is 4.98 Å². The SMILES string of the molecule is O=C(CCCN1C(=O)c2ccccc2C1=O)Nc1ccc2nc(NC(=O)c3ccccc3)sc2c1. The largest absolute Gasteiger partial charge is 0.326 e. The minimum Gasteiger partial charge on any atom is -0.326 e. The van der Waals surface area contributed by atoms with E-state index in [1.807, 2.05) is 6.07 Å². The molecule has 0 unspecified atom stereocenters. The van der Waals surface area contributed by atoms with Crippen LogP contribution in [0.15, 0.2) is 72.8 Å². The quantitative estimate of drug-likeness (QED) is 0.374. The number of nitrogens with one attached hydrogen (secondary N) is 2. The Labute approximate surface area is 204 Å². The lowest BCUT2D eigenvalue weighted by Gasteiger charge is -2.13. The number of benzene rings is 3. The van der Waals surface area contributed by atoms with Gasteiger partial charge in [-0.2, -0.15) is 0 Å². The third kappa shape index (κ3) is 4.67. The molecule has 5 rings (SSSR count). The first-order chi connectivity index (χ1) is 17.0. The van der Waals surface area contributed by atoms with E-state index in [-0.39, 0.29) is 36.6 Å². The van der Waals surface area contributed by atoms with Gasteiger partial charge in [0.1, 0.15) is 0 Å². The molecule has 174 valence electrons. The second-order valence-electron chi connectivity index (χ2n) is 7.98. The number of carbonyl (C=O) groups is 4. The lowest BCUT2D eigenvalue weighted by atomic mass is 10.1. The first-order valence-electron chi connectivity index (χ1n) is 11.0. The Morgan fingerprint density at radius 2 is 1.54 bits per heavy atom. The van der Waals surface area contributed by atoms with Crippen molar-refractivity contribution in [3.63, 3.8) is 0 Å². The minimum absolute atomic E-state index is 0.159. The van der Waals surface area contributed by atoms with E-state index < -0.39 is 0 Å². The van der Waals surface area contributed by atoms with Crippen molar-refractivity contribution >= 4 is 56.0 Å². The number of anilines is 2. The summed E-state index contributed by atoms with van der Waals surface area (Å²) in [5.41, 5.74) is 2.66. The molecule has 2 heterocycles. The van der Waals surface area contributed by atoms with Gasteiger partial charge in [0.15, 0.2) is 5.13 Å². The minimum atomic E-state index is -0.322. The van der Waals surface area contributed by atoms with Crippen LogP contribution in [0.2, 0.25) is 0 Å². The van der Waals surface area contributed by atoms with Crippen LogP contribution in [0, 0.1) is 0 Å². The van der Waals surface area contributed by atoms with Crippen LogP contribution in [-0.4, -0.2) is 40.1 Å². The fourth-order valence-corrected chi connectivity index (χ4v) is 4.78. The fraction of sp³-hybridized carbons (Fsp3) is 0.115. The van der Waals surface area contributed by atoms with Crippen LogP contribution in [0.5, 0.6) is 0 Å². The molecule has 0 saturated heterocycles. The van der Waals surface area contributed by atoms with Crippen molar-refractivity contribution in [3.05, 3.63) is 89.5 Å². The maximum absolute atomic E-state index is 12.4. The van der Waals surface area contributed by atoms with Gasteiger partial charge < -0.3 is 5.32 Å². The van der Waals surface area contributed by atoms with Crippen LogP contribution in [0.4, 0.5) is 10.8 Å². The topological polar surface area (TPSA) is 108 Å². The monoisotopic (exact) mass is 484 g/mol. The van der Waals surface area contributed by atoms with Crippen molar-refractivity contribution in [1.82, 2.24) is 9.88 Å². The predicted molar refractivity (Wildman–Crippen MR) is 134 cm³/mol. The maximum atomic E-state index is 12.4. The summed E-state index contributed by atoms with van der Waals surface area (Å²) in [5, 5.41) is 6.11. The number of imide groups is 1. The van der Waals surface area contributed by atoms with E-state index in [0.29, 0.717) is 39.4 Å². The second-order valence-corrected chi connectivity index (χ2v) is 9.01. The van der Waals surface area contributed by atoms with Crippen molar-refractivity contribution in [1.29, 1.82) is 0 Å². The molecule has 8 nitrogen and oxygen atoms in total. The molecule has 0 atom stereocenters. The number of fused-ring (bicyclic) bond motifs is 2. The van der Waals surface area contributed by atoms with Gasteiger partial charge in [-0.05, 0) is 48.9 Å². The molecule has 0 spiro atoms. The standard InChI is InChI=1S/C26H20N4O4S/c31-22(11-6-14-30-24(33)18-9-4-5-10-19(18)25(30)34)27-17-12-13-20-21(15-17)35-26(28-20)29-23(32)16-7-2-1-3-8-16/h1-5,7-10,12-13,15H,6,11,14H2,(H,27,31)(H,28,29,32). The molecule has 3 aromatic carbocycles. The summed E-state index contributed by atoms with van der Waals surface area (Å²) in [7, 11) is 0. The Hall–Kier alpha value is -4.37. The van der Waals surface area contributed by atoms with Crippen molar-refractivity contribution < 1.29 is 19.2 Å². The van der Waals surface area contributed by atoms with Gasteiger partial charge in [0, 0.05) is 24.2 Å². The first kappa shape index (κ1) is 22.4. The third-order valence-corrected chi connectivity index (χ3v) is 6.53. The van der Waals surface area contributed by atoms with E-state index in [1.54, 1.807) is 66.7 Å². The van der Waals surface area contributed by atoms with E-state index >= 15 is 0 Å². The van der Waals surface area contributed by atoms with Gasteiger partial charge in [-0.15, -0.1) is 0 Å². The zero-order valence-electron chi connectivity index (χ0n) is 18.5. The molecule has 0 radical (unpaired) electrons. The molecule has 1 aliphatic rings. The van der Waals surface area contributed by atoms with E-state index in [4.69, 9.17) is 0 Å². The average molecular weight is 485 g/mol. The third-order valence-electron chi connectivity index (χ3n) is 5.59. The summed E-state index contributed by atoms with van der Waals surface area (Å²) in [6.07, 6.45) is 0.516. The van der Waals surface area contributed by atoms with E-state index in [1.165, 1.54) is 16.2 Å². The number of rotatable bonds is 7. The molecular weight excluding hydrogens is 464 g/mol. The number of amides is 4. The van der Waals surface area contributed by atoms with Crippen molar-refractivity contribution in [2.45, 2.75) is 12.8 Å². The summed E-state index contributed by atoms with van der Waals surface area (Å²) < 4.78 is 0.817. The molecule has 9 heteroatoms. The van der Waals surface area contributed by atoms with Gasteiger partial charge >= 0.3 is 0 Å². The van der Waals surface area contributed by atoms with Crippen LogP contribution in [-0.2, 0) is 4.79 Å². The number of thiazole rings is 1. The van der Waals surface area contributed by atoms with E-state index in [9.17, 15) is 19.2 Å². The van der Waals surface area contributed by atoms with Crippen LogP contribution in [0.1, 0.15) is 43.9 Å². The van der Waals surface area contributed by atoms with Crippen molar-refractivity contribution in [2.75, 3.05) is 17.2 Å². The molecule has 0 bridgehead atoms. The number of aromatic nitrogens is 1. The zero-order chi connectivity index (χ0) is 24.4. The Bertz CT molecular complexity index is 1430. The smallest absolute Gasteiger partial charge is 0.261 e. The highest BCUT2D eigenvalue weighted by Crippen LogP contribution is 2.29. The normalized spacial score (nSPS) is 12.6. The highest BCUT2D eigenvalue weighted by molar-refractivity contribution is 7.22. The molecule has 1 aliphatic heterocycles. The van der Waals surface area contributed by atoms with E-state index in [0.717, 1.165) is 4.70 Å². The van der Waals surface area contributed by atoms with Crippen LogP contribution in [0.3, 0.4) is 0 Å². The molecule has 1 aromatic heterocycles. The number of hydrogen-bond donors (Lipinski definition) is 2. The number of carbonyl (C=O) groups excluding carboxylic acids is 4. The van der Waals surface area contributed by atoms with Crippen LogP contribution < -0.4 is 10.6 Å². The summed E-state index contributed by atoms with van der Waals surface area (Å²) >= 11 is 1.31. The van der Waals surface area contributed by atoms with Crippen LogP contribution in [0.25, 0.3) is 10.2 Å². The van der Waals surface area contributed by atoms with Crippen molar-refractivity contribution in [2.24, 2.45) is 0 Å². The average Bonchev–Trinajstić information content (AvgIpc) is 3.37. The summed E-state index contributed by atoms with van der Waals surface area (Å²) in [4.78, 5) is 55.3. The predicted octanol–water partition coefficient (Wildman–Crippen LogP) is 4.56. The summed E-state index contributed by atoms with van der Waals surface area (Å²) in [5.74, 6) is -1.10. The molecule has 0 fully saturated rings. The lowest BCUT2D eigenvalue weighted by Crippen LogP contribution is -2.31. The fourth-order valence-electron chi connectivity index (χ4n) is 3.88. The molecule has 4 amide bonds. The summed E-state index contributed by atoms with van der Waals surface area (Å²) in [6, 6.07) is 20.9. The Kier molecular flexibility index (Phi) is 6.07. The number of hydrogen-bond acceptors (Lipinski definition) is 6. The first-order valence-corrected chi connectivity index (χ1v) is 11.8. The molecular formula is C26H20N4O4S. The van der Waals surface area contributed by atoms with Gasteiger partial charge in [-0.3, -0.25) is 29.4 Å². The van der Waals surface area contributed by atoms with Crippen molar-refractivity contribution in [3.8, 4) is 0 Å². The Morgan fingerprint density at radius 1 is 0.857 bits per heavy atom. The van der Waals surface area contributed by atoms with Gasteiger partial charge in [0.25, 0.3) is 17.7 Å². The molecule has 0 aliphatic carbocycles. The maximum Gasteiger partial charge on any atom is 0.261 e. The van der Waals surface area contributed by atoms with Gasteiger partial charge in [0.05, 0.1) is 21.3 Å². The highest BCUT2D eigenvalue weighted by Gasteiger charge is 2.34. The lowest BCUT2D eigenvalue weighted by molar-refractivity contribution is -0.116. The van der Waals surface area contributed by atoms with E-state index in [2.05, 4.69) is 15.6 Å². The highest BCUT2D eigenvalue weighted by atomic mass is 32.1. The van der Waals surface area contributed by atoms with Gasteiger partial charge in [0.2, 0.25) is 5.91 Å². The zero-order valence-corrected chi connectivity index (χ0v) is 19.3. The second kappa shape index (κ2) is 9.47. The molecule has 0 saturated carbocycles. The Balaban J connectivity index is 1.16. The molecule has 2 N–H and O–H groups in total. The molecule has 4 aromatic rings.